The molecule has 1 fully saturated rings. The SMILES string of the molecule is C[C@@H]1CN(Cc2ccc([N+](=O)[O-])cc2C(F)(F)F)CCN1. The monoisotopic (exact) mass is 303 g/mol. The van der Waals surface area contributed by atoms with Crippen LogP contribution in [0.4, 0.5) is 18.9 Å². The van der Waals surface area contributed by atoms with Gasteiger partial charge >= 0.3 is 6.18 Å². The first-order valence-electron chi connectivity index (χ1n) is 6.57. The molecule has 1 aliphatic heterocycles. The number of hydrogen-bond acceptors (Lipinski definition) is 4. The van der Waals surface area contributed by atoms with Crippen molar-refractivity contribution in [2.75, 3.05) is 19.6 Å². The van der Waals surface area contributed by atoms with Gasteiger partial charge in [-0.1, -0.05) is 6.07 Å². The van der Waals surface area contributed by atoms with Crippen LogP contribution in [-0.4, -0.2) is 35.5 Å². The number of halogens is 3. The molecule has 0 radical (unpaired) electrons. The van der Waals surface area contributed by atoms with Gasteiger partial charge in [0.2, 0.25) is 0 Å². The Bertz CT molecular complexity index is 534. The van der Waals surface area contributed by atoms with Crippen LogP contribution >= 0.6 is 0 Å². The molecule has 1 atom stereocenters. The summed E-state index contributed by atoms with van der Waals surface area (Å²) in [6, 6.07) is 3.15. The second kappa shape index (κ2) is 5.98. The van der Waals surface area contributed by atoms with E-state index in [0.717, 1.165) is 12.6 Å². The Kier molecular flexibility index (Phi) is 4.48. The molecule has 1 heterocycles. The summed E-state index contributed by atoms with van der Waals surface area (Å²) in [6.45, 7) is 4.12. The van der Waals surface area contributed by atoms with E-state index in [4.69, 9.17) is 0 Å². The number of nitro groups is 1. The summed E-state index contributed by atoms with van der Waals surface area (Å²) in [7, 11) is 0. The van der Waals surface area contributed by atoms with Gasteiger partial charge in [0.25, 0.3) is 5.69 Å². The van der Waals surface area contributed by atoms with Crippen LogP contribution in [-0.2, 0) is 12.7 Å². The van der Waals surface area contributed by atoms with Crippen molar-refractivity contribution < 1.29 is 18.1 Å². The van der Waals surface area contributed by atoms with Crippen molar-refractivity contribution in [1.29, 1.82) is 0 Å². The molecule has 21 heavy (non-hydrogen) atoms. The quantitative estimate of drug-likeness (QED) is 0.688. The van der Waals surface area contributed by atoms with E-state index >= 15 is 0 Å². The van der Waals surface area contributed by atoms with E-state index in [1.54, 1.807) is 0 Å². The van der Waals surface area contributed by atoms with Gasteiger partial charge in [-0.2, -0.15) is 13.2 Å². The molecule has 0 saturated carbocycles. The highest BCUT2D eigenvalue weighted by Gasteiger charge is 2.35. The Hall–Kier alpha value is -1.67. The third-order valence-electron chi connectivity index (χ3n) is 3.46. The molecular formula is C13H16F3N3O2. The lowest BCUT2D eigenvalue weighted by Crippen LogP contribution is -2.48. The third-order valence-corrected chi connectivity index (χ3v) is 3.46. The molecule has 0 aliphatic carbocycles. The average molecular weight is 303 g/mol. The Morgan fingerprint density at radius 1 is 1.48 bits per heavy atom. The Morgan fingerprint density at radius 3 is 2.76 bits per heavy atom. The van der Waals surface area contributed by atoms with Crippen LogP contribution in [0.5, 0.6) is 0 Å². The zero-order valence-electron chi connectivity index (χ0n) is 11.5. The van der Waals surface area contributed by atoms with Crippen molar-refractivity contribution >= 4 is 5.69 Å². The number of benzene rings is 1. The number of non-ortho nitro benzene ring substituents is 1. The second-order valence-corrected chi connectivity index (χ2v) is 5.19. The molecule has 1 aromatic carbocycles. The van der Waals surface area contributed by atoms with Crippen LogP contribution in [0.2, 0.25) is 0 Å². The smallest absolute Gasteiger partial charge is 0.312 e. The highest BCUT2D eigenvalue weighted by Crippen LogP contribution is 2.35. The molecule has 0 unspecified atom stereocenters. The van der Waals surface area contributed by atoms with Gasteiger partial charge in [0, 0.05) is 44.4 Å². The summed E-state index contributed by atoms with van der Waals surface area (Å²) in [6.07, 6.45) is -4.60. The summed E-state index contributed by atoms with van der Waals surface area (Å²) in [5.41, 5.74) is -1.40. The summed E-state index contributed by atoms with van der Waals surface area (Å²) >= 11 is 0. The summed E-state index contributed by atoms with van der Waals surface area (Å²) < 4.78 is 39.2. The standard InChI is InChI=1S/C13H16F3N3O2/c1-9-7-18(5-4-17-9)8-10-2-3-11(19(20)21)6-12(10)13(14,15)16/h2-3,6,9,17H,4-5,7-8H2,1H3/t9-/m1/s1. The molecule has 8 heteroatoms. The maximum atomic E-state index is 13.1. The lowest BCUT2D eigenvalue weighted by atomic mass is 10.0. The highest BCUT2D eigenvalue weighted by atomic mass is 19.4. The first-order valence-corrected chi connectivity index (χ1v) is 6.57. The lowest BCUT2D eigenvalue weighted by molar-refractivity contribution is -0.385. The van der Waals surface area contributed by atoms with Gasteiger partial charge in [-0.3, -0.25) is 15.0 Å². The molecule has 0 amide bonds. The Labute approximate surface area is 119 Å². The lowest BCUT2D eigenvalue weighted by Gasteiger charge is -2.32. The third kappa shape index (κ3) is 3.92. The maximum absolute atomic E-state index is 13.1. The fraction of sp³-hybridized carbons (Fsp3) is 0.538. The number of nitrogens with zero attached hydrogens (tertiary/aromatic N) is 2. The van der Waals surface area contributed by atoms with Crippen molar-refractivity contribution in [2.45, 2.75) is 25.7 Å². The highest BCUT2D eigenvalue weighted by molar-refractivity contribution is 5.41. The molecule has 1 N–H and O–H groups in total. The normalized spacial score (nSPS) is 20.5. The predicted molar refractivity (Wildman–Crippen MR) is 70.8 cm³/mol. The van der Waals surface area contributed by atoms with Crippen LogP contribution in [0.3, 0.4) is 0 Å². The molecule has 0 spiro atoms. The Balaban J connectivity index is 2.27. The van der Waals surface area contributed by atoms with E-state index in [-0.39, 0.29) is 18.2 Å². The molecule has 5 nitrogen and oxygen atoms in total. The summed E-state index contributed by atoms with van der Waals surface area (Å²) in [4.78, 5) is 11.7. The minimum atomic E-state index is -4.60. The molecule has 1 aromatic rings. The number of nitro benzene ring substituents is 1. The fourth-order valence-electron chi connectivity index (χ4n) is 2.48. The van der Waals surface area contributed by atoms with Gasteiger partial charge in [-0.15, -0.1) is 0 Å². The number of nitrogens with one attached hydrogen (secondary N) is 1. The number of alkyl halides is 3. The van der Waals surface area contributed by atoms with Gasteiger partial charge < -0.3 is 5.32 Å². The maximum Gasteiger partial charge on any atom is 0.416 e. The molecule has 2 rings (SSSR count). The first-order chi connectivity index (χ1) is 9.77. The van der Waals surface area contributed by atoms with Crippen LogP contribution < -0.4 is 5.32 Å². The van der Waals surface area contributed by atoms with Crippen molar-refractivity contribution in [3.8, 4) is 0 Å². The van der Waals surface area contributed by atoms with Gasteiger partial charge in [-0.25, -0.2) is 0 Å². The van der Waals surface area contributed by atoms with E-state index in [1.165, 1.54) is 6.07 Å². The molecule has 1 aliphatic rings. The molecule has 0 bridgehead atoms. The van der Waals surface area contributed by atoms with E-state index in [9.17, 15) is 23.3 Å². The average Bonchev–Trinajstić information content (AvgIpc) is 2.37. The Morgan fingerprint density at radius 2 is 2.19 bits per heavy atom. The molecular weight excluding hydrogens is 287 g/mol. The van der Waals surface area contributed by atoms with Crippen LogP contribution in [0.1, 0.15) is 18.1 Å². The topological polar surface area (TPSA) is 58.4 Å². The number of rotatable bonds is 3. The van der Waals surface area contributed by atoms with Crippen molar-refractivity contribution in [3.05, 3.63) is 39.4 Å². The van der Waals surface area contributed by atoms with Crippen LogP contribution in [0.25, 0.3) is 0 Å². The van der Waals surface area contributed by atoms with Gasteiger partial charge in [0.05, 0.1) is 10.5 Å². The van der Waals surface area contributed by atoms with E-state index in [2.05, 4.69) is 5.32 Å². The van der Waals surface area contributed by atoms with Gasteiger partial charge in [-0.05, 0) is 12.5 Å². The van der Waals surface area contributed by atoms with Crippen LogP contribution in [0, 0.1) is 10.1 Å². The zero-order valence-corrected chi connectivity index (χ0v) is 11.5. The van der Waals surface area contributed by atoms with E-state index in [0.29, 0.717) is 19.2 Å². The molecule has 0 aromatic heterocycles. The summed E-state index contributed by atoms with van der Waals surface area (Å²) in [5, 5.41) is 13.9. The number of hydrogen-bond donors (Lipinski definition) is 1. The first kappa shape index (κ1) is 15.7. The fourth-order valence-corrected chi connectivity index (χ4v) is 2.48. The van der Waals surface area contributed by atoms with Crippen molar-refractivity contribution in [2.24, 2.45) is 0 Å². The molecule has 1 saturated heterocycles. The largest absolute Gasteiger partial charge is 0.416 e. The van der Waals surface area contributed by atoms with E-state index < -0.39 is 22.4 Å². The van der Waals surface area contributed by atoms with E-state index in [1.807, 2.05) is 11.8 Å². The predicted octanol–water partition coefficient (Wildman–Crippen LogP) is 2.41. The van der Waals surface area contributed by atoms with Crippen molar-refractivity contribution in [3.63, 3.8) is 0 Å². The zero-order chi connectivity index (χ0) is 15.6. The number of piperazine rings is 1. The van der Waals surface area contributed by atoms with Crippen LogP contribution in [0.15, 0.2) is 18.2 Å². The minimum absolute atomic E-state index is 0.0715. The van der Waals surface area contributed by atoms with Crippen molar-refractivity contribution in [1.82, 2.24) is 10.2 Å². The summed E-state index contributed by atoms with van der Waals surface area (Å²) in [5.74, 6) is 0. The second-order valence-electron chi connectivity index (χ2n) is 5.19. The molecule has 116 valence electrons. The van der Waals surface area contributed by atoms with Gasteiger partial charge in [0.1, 0.15) is 0 Å². The minimum Gasteiger partial charge on any atom is -0.312 e. The van der Waals surface area contributed by atoms with Gasteiger partial charge in [0.15, 0.2) is 0 Å².